The van der Waals surface area contributed by atoms with E-state index in [1.165, 1.54) is 11.8 Å². The fourth-order valence-electron chi connectivity index (χ4n) is 3.02. The molecule has 7 nitrogen and oxygen atoms in total. The molecule has 1 fully saturated rings. The van der Waals surface area contributed by atoms with Gasteiger partial charge in [-0.2, -0.15) is 0 Å². The van der Waals surface area contributed by atoms with E-state index in [4.69, 9.17) is 0 Å². The molecule has 0 unspecified atom stereocenters. The van der Waals surface area contributed by atoms with Gasteiger partial charge in [0.25, 0.3) is 5.91 Å². The smallest absolute Gasteiger partial charge is 0.319 e. The monoisotopic (exact) mass is 478 g/mol. The van der Waals surface area contributed by atoms with Crippen LogP contribution in [0, 0.1) is 0 Å². The second-order valence-corrected chi connectivity index (χ2v) is 8.72. The lowest BCUT2D eigenvalue weighted by Crippen LogP contribution is -2.50. The van der Waals surface area contributed by atoms with Crippen molar-refractivity contribution >= 4 is 45.3 Å². The number of carbonyl (C=O) groups is 2. The molecule has 1 saturated heterocycles. The summed E-state index contributed by atoms with van der Waals surface area (Å²) < 4.78 is 0.990. The fourth-order valence-corrected chi connectivity index (χ4v) is 4.11. The number of piperidine rings is 1. The molecular weight excluding hydrogens is 456 g/mol. The summed E-state index contributed by atoms with van der Waals surface area (Å²) in [4.78, 5) is 31.2. The third-order valence-electron chi connectivity index (χ3n) is 4.59. The number of carbonyl (C=O) groups excluding carboxylic acids is 2. The summed E-state index contributed by atoms with van der Waals surface area (Å²) in [6.07, 6.45) is 3.49. The average molecular weight is 479 g/mol. The summed E-state index contributed by atoms with van der Waals surface area (Å²) in [7, 11) is 0. The first kappa shape index (κ1) is 21.6. The summed E-state index contributed by atoms with van der Waals surface area (Å²) in [5.41, 5.74) is 0.677. The predicted molar refractivity (Wildman–Crippen MR) is 117 cm³/mol. The average Bonchev–Trinajstić information content (AvgIpc) is 2.74. The highest BCUT2D eigenvalue weighted by Crippen LogP contribution is 2.22. The highest BCUT2D eigenvalue weighted by atomic mass is 79.9. The lowest BCUT2D eigenvalue weighted by molar-refractivity contribution is -0.140. The Bertz CT molecular complexity index is 814. The number of aliphatic hydroxyl groups is 1. The Morgan fingerprint density at radius 2 is 1.83 bits per heavy atom. The lowest BCUT2D eigenvalue weighted by Gasteiger charge is -2.33. The molecule has 2 heterocycles. The van der Waals surface area contributed by atoms with Crippen molar-refractivity contribution in [2.45, 2.75) is 29.9 Å². The van der Waals surface area contributed by atoms with Gasteiger partial charge in [-0.1, -0.05) is 15.9 Å². The van der Waals surface area contributed by atoms with Crippen LogP contribution in [0.15, 0.2) is 58.2 Å². The van der Waals surface area contributed by atoms with Crippen molar-refractivity contribution in [3.05, 3.63) is 53.3 Å². The van der Waals surface area contributed by atoms with Gasteiger partial charge in [0.1, 0.15) is 6.10 Å². The number of likely N-dealkylation sites (tertiary alicyclic amines) is 1. The fraction of sp³-hybridized carbons (Fsp3) is 0.350. The Kier molecular flexibility index (Phi) is 7.91. The van der Waals surface area contributed by atoms with E-state index < -0.39 is 6.10 Å². The molecule has 0 aliphatic carbocycles. The Morgan fingerprint density at radius 1 is 1.17 bits per heavy atom. The van der Waals surface area contributed by atoms with E-state index in [0.717, 1.165) is 9.37 Å². The van der Waals surface area contributed by atoms with E-state index >= 15 is 0 Å². The molecule has 3 amide bonds. The van der Waals surface area contributed by atoms with Crippen molar-refractivity contribution in [3.63, 3.8) is 0 Å². The zero-order valence-electron chi connectivity index (χ0n) is 15.8. The number of aliphatic hydroxyl groups excluding tert-OH is 1. The minimum absolute atomic E-state index is 0.00447. The normalized spacial score (nSPS) is 15.6. The zero-order valence-corrected chi connectivity index (χ0v) is 18.2. The number of thioether (sulfide) groups is 1. The van der Waals surface area contributed by atoms with Crippen LogP contribution in [0.3, 0.4) is 0 Å². The molecule has 2 aromatic rings. The molecule has 3 N–H and O–H groups in total. The number of amides is 3. The SMILES string of the molecule is O=C(Nc1ccncc1)NC1CCN(C(=O)[C@H](O)CSc2ccc(Br)cc2)CC1. The number of nitrogens with one attached hydrogen (secondary N) is 2. The van der Waals surface area contributed by atoms with Crippen LogP contribution in [0.1, 0.15) is 12.8 Å². The van der Waals surface area contributed by atoms with E-state index in [2.05, 4.69) is 31.5 Å². The van der Waals surface area contributed by atoms with Crippen LogP contribution < -0.4 is 10.6 Å². The Hall–Kier alpha value is -2.10. The van der Waals surface area contributed by atoms with Crippen LogP contribution in [0.5, 0.6) is 0 Å². The molecule has 1 aromatic heterocycles. The molecule has 1 aromatic carbocycles. The summed E-state index contributed by atoms with van der Waals surface area (Å²) in [5, 5.41) is 15.9. The van der Waals surface area contributed by atoms with Crippen molar-refractivity contribution in [1.29, 1.82) is 0 Å². The van der Waals surface area contributed by atoms with Crippen molar-refractivity contribution < 1.29 is 14.7 Å². The van der Waals surface area contributed by atoms with Gasteiger partial charge in [0.05, 0.1) is 0 Å². The number of pyridine rings is 1. The molecule has 3 rings (SSSR count). The molecule has 9 heteroatoms. The molecule has 29 heavy (non-hydrogen) atoms. The third-order valence-corrected chi connectivity index (χ3v) is 6.20. The molecular formula is C20H23BrN4O3S. The van der Waals surface area contributed by atoms with Crippen molar-refractivity contribution in [3.8, 4) is 0 Å². The van der Waals surface area contributed by atoms with Crippen LogP contribution in [0.25, 0.3) is 0 Å². The van der Waals surface area contributed by atoms with Crippen LogP contribution >= 0.6 is 27.7 Å². The minimum atomic E-state index is -1.04. The summed E-state index contributed by atoms with van der Waals surface area (Å²) in [6.45, 7) is 1.03. The first-order valence-electron chi connectivity index (χ1n) is 9.34. The van der Waals surface area contributed by atoms with Gasteiger partial charge in [0.15, 0.2) is 0 Å². The maximum atomic E-state index is 12.5. The van der Waals surface area contributed by atoms with Crippen LogP contribution in [0.2, 0.25) is 0 Å². The number of hydrogen-bond acceptors (Lipinski definition) is 5. The van der Waals surface area contributed by atoms with Crippen LogP contribution in [0.4, 0.5) is 10.5 Å². The number of hydrogen-bond donors (Lipinski definition) is 3. The molecule has 154 valence electrons. The van der Waals surface area contributed by atoms with Crippen LogP contribution in [-0.2, 0) is 4.79 Å². The van der Waals surface area contributed by atoms with Gasteiger partial charge in [-0.25, -0.2) is 4.79 Å². The van der Waals surface area contributed by atoms with Gasteiger partial charge < -0.3 is 20.6 Å². The van der Waals surface area contributed by atoms with E-state index in [-0.39, 0.29) is 18.0 Å². The standard InChI is InChI=1S/C20H23BrN4O3S/c21-14-1-3-17(4-2-14)29-13-18(26)19(27)25-11-7-16(8-12-25)24-20(28)23-15-5-9-22-10-6-15/h1-6,9-10,16,18,26H,7-8,11-13H2,(H2,22,23,24,28)/t18-/m1/s1. The predicted octanol–water partition coefficient (Wildman–Crippen LogP) is 3.11. The number of anilines is 1. The number of benzene rings is 1. The second-order valence-electron chi connectivity index (χ2n) is 6.71. The highest BCUT2D eigenvalue weighted by Gasteiger charge is 2.27. The number of rotatable bonds is 6. The highest BCUT2D eigenvalue weighted by molar-refractivity contribution is 9.10. The van der Waals surface area contributed by atoms with E-state index in [0.29, 0.717) is 37.4 Å². The number of urea groups is 1. The molecule has 0 saturated carbocycles. The number of aromatic nitrogens is 1. The zero-order chi connectivity index (χ0) is 20.6. The Labute approximate surface area is 182 Å². The molecule has 0 bridgehead atoms. The first-order valence-corrected chi connectivity index (χ1v) is 11.1. The van der Waals surface area contributed by atoms with Crippen molar-refractivity contribution in [2.24, 2.45) is 0 Å². The van der Waals surface area contributed by atoms with Gasteiger partial charge in [0, 0.05) is 52.3 Å². The summed E-state index contributed by atoms with van der Waals surface area (Å²) >= 11 is 4.84. The maximum absolute atomic E-state index is 12.5. The molecule has 0 spiro atoms. The van der Waals surface area contributed by atoms with Crippen molar-refractivity contribution in [1.82, 2.24) is 15.2 Å². The van der Waals surface area contributed by atoms with Gasteiger partial charge in [0.2, 0.25) is 0 Å². The summed E-state index contributed by atoms with van der Waals surface area (Å²) in [6, 6.07) is 10.9. The van der Waals surface area contributed by atoms with Gasteiger partial charge in [-0.3, -0.25) is 9.78 Å². The summed E-state index contributed by atoms with van der Waals surface area (Å²) in [5.74, 6) is 0.0572. The molecule has 1 aliphatic heterocycles. The lowest BCUT2D eigenvalue weighted by atomic mass is 10.0. The molecule has 1 atom stereocenters. The third kappa shape index (κ3) is 6.73. The Balaban J connectivity index is 1.39. The van der Waals surface area contributed by atoms with E-state index in [1.54, 1.807) is 29.4 Å². The molecule has 1 aliphatic rings. The van der Waals surface area contributed by atoms with Gasteiger partial charge >= 0.3 is 6.03 Å². The van der Waals surface area contributed by atoms with Gasteiger partial charge in [-0.05, 0) is 49.2 Å². The van der Waals surface area contributed by atoms with E-state index in [9.17, 15) is 14.7 Å². The second kappa shape index (κ2) is 10.6. The van der Waals surface area contributed by atoms with Crippen LogP contribution in [-0.4, -0.2) is 57.9 Å². The Morgan fingerprint density at radius 3 is 2.48 bits per heavy atom. The van der Waals surface area contributed by atoms with Crippen molar-refractivity contribution in [2.75, 3.05) is 24.2 Å². The first-order chi connectivity index (χ1) is 14.0. The van der Waals surface area contributed by atoms with E-state index in [1.807, 2.05) is 24.3 Å². The van der Waals surface area contributed by atoms with Gasteiger partial charge in [-0.15, -0.1) is 11.8 Å². The topological polar surface area (TPSA) is 94.6 Å². The maximum Gasteiger partial charge on any atom is 0.319 e. The molecule has 0 radical (unpaired) electrons. The number of halogens is 1. The minimum Gasteiger partial charge on any atom is -0.382 e. The number of nitrogens with zero attached hydrogens (tertiary/aromatic N) is 2. The quantitative estimate of drug-likeness (QED) is 0.554. The largest absolute Gasteiger partial charge is 0.382 e.